The van der Waals surface area contributed by atoms with Gasteiger partial charge in [-0.1, -0.05) is 0 Å². The van der Waals surface area contributed by atoms with Crippen molar-refractivity contribution >= 4 is 33.7 Å². The molecular formula is C12H16N4S2. The summed E-state index contributed by atoms with van der Waals surface area (Å²) < 4.78 is 4.26. The van der Waals surface area contributed by atoms with E-state index in [4.69, 9.17) is 5.73 Å². The quantitative estimate of drug-likeness (QED) is 0.901. The van der Waals surface area contributed by atoms with Crippen molar-refractivity contribution in [3.63, 3.8) is 0 Å². The van der Waals surface area contributed by atoms with E-state index in [1.54, 1.807) is 11.3 Å². The first-order valence-electron chi connectivity index (χ1n) is 6.09. The highest BCUT2D eigenvalue weighted by Crippen LogP contribution is 2.40. The van der Waals surface area contributed by atoms with Gasteiger partial charge in [-0.3, -0.25) is 0 Å². The van der Waals surface area contributed by atoms with Crippen molar-refractivity contribution in [1.82, 2.24) is 9.36 Å². The van der Waals surface area contributed by atoms with Gasteiger partial charge in [0.15, 0.2) is 0 Å². The van der Waals surface area contributed by atoms with Crippen molar-refractivity contribution in [1.29, 1.82) is 0 Å². The fourth-order valence-electron chi connectivity index (χ4n) is 2.05. The minimum Gasteiger partial charge on any atom is -0.382 e. The lowest BCUT2D eigenvalue weighted by Gasteiger charge is -2.13. The summed E-state index contributed by atoms with van der Waals surface area (Å²) in [5, 5.41) is 7.69. The number of aryl methyl sites for hydroxylation is 1. The average Bonchev–Trinajstić information content (AvgIpc) is 3.02. The fourth-order valence-corrected chi connectivity index (χ4v) is 3.47. The normalized spacial score (nSPS) is 16.8. The molecule has 0 radical (unpaired) electrons. The standard InChI is InChI=1S/C12H16N4S2/c1-6(8-3-4-8)14-12-10(11(13)16-18-12)9-5-17-7(2)15-9/h5-6,8,14H,3-4H2,1-2H3,(H2,13,16). The summed E-state index contributed by atoms with van der Waals surface area (Å²) in [6.45, 7) is 4.23. The Kier molecular flexibility index (Phi) is 2.99. The van der Waals surface area contributed by atoms with Crippen molar-refractivity contribution < 1.29 is 0 Å². The van der Waals surface area contributed by atoms with Gasteiger partial charge in [0.2, 0.25) is 0 Å². The topological polar surface area (TPSA) is 63.8 Å². The maximum atomic E-state index is 5.97. The Hall–Kier alpha value is -1.14. The molecule has 4 nitrogen and oxygen atoms in total. The maximum Gasteiger partial charge on any atom is 0.148 e. The fraction of sp³-hybridized carbons (Fsp3) is 0.500. The summed E-state index contributed by atoms with van der Waals surface area (Å²) in [6.07, 6.45) is 2.65. The molecule has 1 aliphatic carbocycles. The maximum absolute atomic E-state index is 5.97. The van der Waals surface area contributed by atoms with Crippen LogP contribution in [0.2, 0.25) is 0 Å². The summed E-state index contributed by atoms with van der Waals surface area (Å²) in [5.74, 6) is 1.38. The number of hydrogen-bond donors (Lipinski definition) is 2. The summed E-state index contributed by atoms with van der Waals surface area (Å²) in [5.41, 5.74) is 7.88. The largest absolute Gasteiger partial charge is 0.382 e. The second-order valence-electron chi connectivity index (χ2n) is 4.79. The van der Waals surface area contributed by atoms with Gasteiger partial charge >= 0.3 is 0 Å². The minimum absolute atomic E-state index is 0.489. The summed E-state index contributed by atoms with van der Waals surface area (Å²) in [6, 6.07) is 0.489. The van der Waals surface area contributed by atoms with Crippen molar-refractivity contribution in [3.05, 3.63) is 10.4 Å². The Balaban J connectivity index is 1.90. The second kappa shape index (κ2) is 4.51. The number of nitrogen functional groups attached to an aromatic ring is 1. The average molecular weight is 280 g/mol. The van der Waals surface area contributed by atoms with E-state index in [1.165, 1.54) is 24.4 Å². The highest BCUT2D eigenvalue weighted by atomic mass is 32.1. The SMILES string of the molecule is Cc1nc(-c2c(N)nsc2NC(C)C2CC2)cs1. The molecule has 1 unspecified atom stereocenters. The molecule has 0 saturated heterocycles. The third-order valence-corrected chi connectivity index (χ3v) is 4.85. The lowest BCUT2D eigenvalue weighted by Crippen LogP contribution is -2.16. The molecule has 1 fully saturated rings. The Morgan fingerprint density at radius 2 is 2.28 bits per heavy atom. The van der Waals surface area contributed by atoms with Crippen LogP contribution in [0.15, 0.2) is 5.38 Å². The first kappa shape index (κ1) is 11.9. The van der Waals surface area contributed by atoms with E-state index in [9.17, 15) is 0 Å². The molecule has 1 aliphatic rings. The Morgan fingerprint density at radius 3 is 2.89 bits per heavy atom. The number of rotatable bonds is 4. The molecule has 0 aliphatic heterocycles. The number of hydrogen-bond acceptors (Lipinski definition) is 6. The molecule has 1 saturated carbocycles. The molecule has 18 heavy (non-hydrogen) atoms. The molecule has 3 rings (SSSR count). The lowest BCUT2D eigenvalue weighted by molar-refractivity contribution is 0.696. The molecule has 0 bridgehead atoms. The molecule has 0 spiro atoms. The van der Waals surface area contributed by atoms with Gasteiger partial charge in [0.25, 0.3) is 0 Å². The Bertz CT molecular complexity index is 556. The van der Waals surface area contributed by atoms with Gasteiger partial charge in [0.05, 0.1) is 16.3 Å². The van der Waals surface area contributed by atoms with Crippen LogP contribution in [0.5, 0.6) is 0 Å². The van der Waals surface area contributed by atoms with Crippen molar-refractivity contribution in [2.45, 2.75) is 32.7 Å². The molecule has 6 heteroatoms. The first-order chi connectivity index (χ1) is 8.65. The van der Waals surface area contributed by atoms with Crippen LogP contribution in [0, 0.1) is 12.8 Å². The predicted molar refractivity (Wildman–Crippen MR) is 78.2 cm³/mol. The van der Waals surface area contributed by atoms with Crippen LogP contribution in [-0.2, 0) is 0 Å². The number of nitrogens with zero attached hydrogens (tertiary/aromatic N) is 2. The zero-order valence-electron chi connectivity index (χ0n) is 10.4. The van der Waals surface area contributed by atoms with Crippen LogP contribution < -0.4 is 11.1 Å². The number of thiazole rings is 1. The van der Waals surface area contributed by atoms with E-state index in [0.717, 1.165) is 27.2 Å². The van der Waals surface area contributed by atoms with Crippen LogP contribution >= 0.6 is 22.9 Å². The molecule has 2 aromatic heterocycles. The Labute approximate surface area is 114 Å². The van der Waals surface area contributed by atoms with Crippen molar-refractivity contribution in [2.24, 2.45) is 5.92 Å². The molecule has 2 aromatic rings. The smallest absolute Gasteiger partial charge is 0.148 e. The number of aromatic nitrogens is 2. The third-order valence-electron chi connectivity index (χ3n) is 3.28. The summed E-state index contributed by atoms with van der Waals surface area (Å²) >= 11 is 3.07. The van der Waals surface area contributed by atoms with E-state index in [1.807, 2.05) is 12.3 Å². The molecule has 0 aromatic carbocycles. The van der Waals surface area contributed by atoms with E-state index >= 15 is 0 Å². The van der Waals surface area contributed by atoms with Crippen LogP contribution in [0.1, 0.15) is 24.8 Å². The molecule has 3 N–H and O–H groups in total. The van der Waals surface area contributed by atoms with Crippen molar-refractivity contribution in [2.75, 3.05) is 11.1 Å². The van der Waals surface area contributed by atoms with Crippen LogP contribution in [-0.4, -0.2) is 15.4 Å². The molecule has 0 amide bonds. The monoisotopic (exact) mass is 280 g/mol. The van der Waals surface area contributed by atoms with E-state index in [2.05, 4.69) is 21.6 Å². The highest BCUT2D eigenvalue weighted by molar-refractivity contribution is 7.11. The molecule has 1 atom stereocenters. The second-order valence-corrected chi connectivity index (χ2v) is 6.63. The third kappa shape index (κ3) is 2.22. The highest BCUT2D eigenvalue weighted by Gasteiger charge is 2.29. The van der Waals surface area contributed by atoms with E-state index in [-0.39, 0.29) is 0 Å². The van der Waals surface area contributed by atoms with Gasteiger partial charge in [-0.15, -0.1) is 11.3 Å². The van der Waals surface area contributed by atoms with Crippen LogP contribution in [0.4, 0.5) is 10.8 Å². The predicted octanol–water partition coefficient (Wildman–Crippen LogP) is 3.37. The summed E-state index contributed by atoms with van der Waals surface area (Å²) in [7, 11) is 0. The number of anilines is 2. The first-order valence-corrected chi connectivity index (χ1v) is 7.74. The Morgan fingerprint density at radius 1 is 1.50 bits per heavy atom. The van der Waals surface area contributed by atoms with Gasteiger partial charge in [-0.2, -0.15) is 4.37 Å². The molecule has 2 heterocycles. The molecule has 96 valence electrons. The number of nitrogens with two attached hydrogens (primary N) is 1. The van der Waals surface area contributed by atoms with E-state index < -0.39 is 0 Å². The summed E-state index contributed by atoms with van der Waals surface area (Å²) in [4.78, 5) is 4.51. The zero-order chi connectivity index (χ0) is 12.7. The lowest BCUT2D eigenvalue weighted by atomic mass is 10.2. The van der Waals surface area contributed by atoms with Crippen molar-refractivity contribution in [3.8, 4) is 11.3 Å². The van der Waals surface area contributed by atoms with Gasteiger partial charge < -0.3 is 11.1 Å². The zero-order valence-corrected chi connectivity index (χ0v) is 12.1. The van der Waals surface area contributed by atoms with Crippen LogP contribution in [0.25, 0.3) is 11.3 Å². The van der Waals surface area contributed by atoms with Gasteiger partial charge in [0, 0.05) is 11.4 Å². The number of nitrogens with one attached hydrogen (secondary N) is 1. The van der Waals surface area contributed by atoms with Gasteiger partial charge in [0.1, 0.15) is 10.8 Å². The van der Waals surface area contributed by atoms with Gasteiger partial charge in [-0.25, -0.2) is 4.98 Å². The van der Waals surface area contributed by atoms with Gasteiger partial charge in [-0.05, 0) is 44.1 Å². The minimum atomic E-state index is 0.489. The molecular weight excluding hydrogens is 264 g/mol. The van der Waals surface area contributed by atoms with Crippen LogP contribution in [0.3, 0.4) is 0 Å². The van der Waals surface area contributed by atoms with E-state index in [0.29, 0.717) is 11.9 Å².